The van der Waals surface area contributed by atoms with E-state index in [1.165, 1.54) is 5.56 Å². The second-order valence-electron chi connectivity index (χ2n) is 4.34. The van der Waals surface area contributed by atoms with E-state index >= 15 is 0 Å². The standard InChI is InChI=1S/C12H17NO/c1-9(2)13-7-11(8-13)10-3-5-12(14)6-4-10/h3-6,9,11,14H,7-8H2,1-2H3. The van der Waals surface area contributed by atoms with Crippen molar-refractivity contribution in [2.75, 3.05) is 13.1 Å². The summed E-state index contributed by atoms with van der Waals surface area (Å²) in [5.41, 5.74) is 1.35. The average molecular weight is 191 g/mol. The maximum Gasteiger partial charge on any atom is 0.115 e. The van der Waals surface area contributed by atoms with Crippen LogP contribution in [0.2, 0.25) is 0 Å². The van der Waals surface area contributed by atoms with Crippen LogP contribution < -0.4 is 0 Å². The summed E-state index contributed by atoms with van der Waals surface area (Å²) in [4.78, 5) is 2.46. The molecular weight excluding hydrogens is 174 g/mol. The summed E-state index contributed by atoms with van der Waals surface area (Å²) in [7, 11) is 0. The fraction of sp³-hybridized carbons (Fsp3) is 0.500. The molecule has 1 heterocycles. The fourth-order valence-electron chi connectivity index (χ4n) is 1.89. The van der Waals surface area contributed by atoms with E-state index in [4.69, 9.17) is 5.11 Å². The van der Waals surface area contributed by atoms with Crippen LogP contribution in [0.4, 0.5) is 0 Å². The van der Waals surface area contributed by atoms with Crippen molar-refractivity contribution in [2.45, 2.75) is 25.8 Å². The Kier molecular flexibility index (Phi) is 2.46. The Bertz CT molecular complexity index is 299. The van der Waals surface area contributed by atoms with Crippen molar-refractivity contribution in [2.24, 2.45) is 0 Å². The number of benzene rings is 1. The molecule has 0 aliphatic carbocycles. The maximum atomic E-state index is 9.16. The highest BCUT2D eigenvalue weighted by Gasteiger charge is 2.29. The predicted octanol–water partition coefficient (Wildman–Crippen LogP) is 2.20. The lowest BCUT2D eigenvalue weighted by Gasteiger charge is -2.42. The number of rotatable bonds is 2. The highest BCUT2D eigenvalue weighted by molar-refractivity contribution is 5.30. The van der Waals surface area contributed by atoms with Gasteiger partial charge in [-0.15, -0.1) is 0 Å². The first kappa shape index (κ1) is 9.53. The summed E-state index contributed by atoms with van der Waals surface area (Å²) in [6.07, 6.45) is 0. The summed E-state index contributed by atoms with van der Waals surface area (Å²) in [6, 6.07) is 8.25. The van der Waals surface area contributed by atoms with Gasteiger partial charge in [-0.1, -0.05) is 12.1 Å². The third-order valence-corrected chi connectivity index (χ3v) is 3.00. The molecule has 0 amide bonds. The molecule has 0 atom stereocenters. The summed E-state index contributed by atoms with van der Waals surface area (Å²) < 4.78 is 0. The van der Waals surface area contributed by atoms with Crippen LogP contribution >= 0.6 is 0 Å². The molecule has 0 aromatic heterocycles. The first-order chi connectivity index (χ1) is 6.66. The maximum absolute atomic E-state index is 9.16. The van der Waals surface area contributed by atoms with Crippen molar-refractivity contribution in [3.8, 4) is 5.75 Å². The van der Waals surface area contributed by atoms with Gasteiger partial charge in [0.15, 0.2) is 0 Å². The molecule has 1 saturated heterocycles. The van der Waals surface area contributed by atoms with Crippen molar-refractivity contribution >= 4 is 0 Å². The summed E-state index contributed by atoms with van der Waals surface area (Å²) >= 11 is 0. The van der Waals surface area contributed by atoms with Gasteiger partial charge in [0.2, 0.25) is 0 Å². The minimum Gasteiger partial charge on any atom is -0.508 e. The van der Waals surface area contributed by atoms with Gasteiger partial charge in [0.1, 0.15) is 5.75 Å². The van der Waals surface area contributed by atoms with Crippen LogP contribution in [0.25, 0.3) is 0 Å². The molecule has 0 saturated carbocycles. The second-order valence-corrected chi connectivity index (χ2v) is 4.34. The zero-order valence-corrected chi connectivity index (χ0v) is 8.77. The van der Waals surface area contributed by atoms with E-state index in [0.29, 0.717) is 17.7 Å². The molecule has 0 unspecified atom stereocenters. The molecule has 2 heteroatoms. The van der Waals surface area contributed by atoms with Gasteiger partial charge in [-0.3, -0.25) is 4.90 Å². The molecule has 1 aliphatic heterocycles. The van der Waals surface area contributed by atoms with Crippen molar-refractivity contribution < 1.29 is 5.11 Å². The van der Waals surface area contributed by atoms with E-state index in [1.807, 2.05) is 12.1 Å². The van der Waals surface area contributed by atoms with Gasteiger partial charge in [0.05, 0.1) is 0 Å². The number of phenols is 1. The van der Waals surface area contributed by atoms with E-state index in [0.717, 1.165) is 13.1 Å². The Morgan fingerprint density at radius 2 is 1.79 bits per heavy atom. The van der Waals surface area contributed by atoms with Gasteiger partial charge < -0.3 is 5.11 Å². The lowest BCUT2D eigenvalue weighted by atomic mass is 9.90. The SMILES string of the molecule is CC(C)N1CC(c2ccc(O)cc2)C1. The Hall–Kier alpha value is -1.02. The molecule has 1 aromatic rings. The van der Waals surface area contributed by atoms with E-state index < -0.39 is 0 Å². The molecular formula is C12H17NO. The number of hydrogen-bond donors (Lipinski definition) is 1. The lowest BCUT2D eigenvalue weighted by molar-refractivity contribution is 0.110. The van der Waals surface area contributed by atoms with Crippen molar-refractivity contribution in [1.29, 1.82) is 0 Å². The van der Waals surface area contributed by atoms with E-state index in [-0.39, 0.29) is 0 Å². The van der Waals surface area contributed by atoms with Crippen molar-refractivity contribution in [3.05, 3.63) is 29.8 Å². The molecule has 1 aromatic carbocycles. The average Bonchev–Trinajstić information content (AvgIpc) is 2.05. The van der Waals surface area contributed by atoms with Gasteiger partial charge in [0.25, 0.3) is 0 Å². The summed E-state index contributed by atoms with van der Waals surface area (Å²) in [5.74, 6) is 1.02. The first-order valence-corrected chi connectivity index (χ1v) is 5.20. The third kappa shape index (κ3) is 1.75. The van der Waals surface area contributed by atoms with E-state index in [9.17, 15) is 0 Å². The van der Waals surface area contributed by atoms with Crippen molar-refractivity contribution in [1.82, 2.24) is 4.90 Å². The number of phenolic OH excluding ortho intramolecular Hbond substituents is 1. The molecule has 0 spiro atoms. The molecule has 76 valence electrons. The largest absolute Gasteiger partial charge is 0.508 e. The van der Waals surface area contributed by atoms with Gasteiger partial charge in [0, 0.05) is 25.0 Å². The topological polar surface area (TPSA) is 23.5 Å². The van der Waals surface area contributed by atoms with Crippen LogP contribution in [0, 0.1) is 0 Å². The molecule has 1 N–H and O–H groups in total. The normalized spacial score (nSPS) is 18.5. The quantitative estimate of drug-likeness (QED) is 0.774. The summed E-state index contributed by atoms with van der Waals surface area (Å²) in [5, 5.41) is 9.16. The number of nitrogens with zero attached hydrogens (tertiary/aromatic N) is 1. The van der Waals surface area contributed by atoms with Crippen LogP contribution in [0.1, 0.15) is 25.3 Å². The minimum atomic E-state index is 0.355. The smallest absolute Gasteiger partial charge is 0.115 e. The predicted molar refractivity (Wildman–Crippen MR) is 57.6 cm³/mol. The Morgan fingerprint density at radius 1 is 1.21 bits per heavy atom. The number of likely N-dealkylation sites (tertiary alicyclic amines) is 1. The zero-order chi connectivity index (χ0) is 10.1. The molecule has 0 radical (unpaired) electrons. The molecule has 0 bridgehead atoms. The minimum absolute atomic E-state index is 0.355. The molecule has 1 fully saturated rings. The van der Waals surface area contributed by atoms with Crippen LogP contribution in [-0.4, -0.2) is 29.1 Å². The fourth-order valence-corrected chi connectivity index (χ4v) is 1.89. The molecule has 14 heavy (non-hydrogen) atoms. The number of aromatic hydroxyl groups is 1. The van der Waals surface area contributed by atoms with Crippen LogP contribution in [0.5, 0.6) is 5.75 Å². The zero-order valence-electron chi connectivity index (χ0n) is 8.77. The lowest BCUT2D eigenvalue weighted by Crippen LogP contribution is -2.48. The van der Waals surface area contributed by atoms with E-state index in [1.54, 1.807) is 12.1 Å². The highest BCUT2D eigenvalue weighted by atomic mass is 16.3. The van der Waals surface area contributed by atoms with Gasteiger partial charge >= 0.3 is 0 Å². The molecule has 1 aliphatic rings. The molecule has 2 nitrogen and oxygen atoms in total. The first-order valence-electron chi connectivity index (χ1n) is 5.20. The van der Waals surface area contributed by atoms with E-state index in [2.05, 4.69) is 18.7 Å². The third-order valence-electron chi connectivity index (χ3n) is 3.00. The van der Waals surface area contributed by atoms with Gasteiger partial charge in [-0.2, -0.15) is 0 Å². The van der Waals surface area contributed by atoms with Gasteiger partial charge in [-0.05, 0) is 31.5 Å². The number of hydrogen-bond acceptors (Lipinski definition) is 2. The molecule has 2 rings (SSSR count). The van der Waals surface area contributed by atoms with Crippen LogP contribution in [-0.2, 0) is 0 Å². The Labute approximate surface area is 85.2 Å². The Balaban J connectivity index is 1.96. The van der Waals surface area contributed by atoms with Crippen LogP contribution in [0.15, 0.2) is 24.3 Å². The second kappa shape index (κ2) is 3.62. The van der Waals surface area contributed by atoms with Crippen LogP contribution in [0.3, 0.4) is 0 Å². The monoisotopic (exact) mass is 191 g/mol. The Morgan fingerprint density at radius 3 is 2.29 bits per heavy atom. The van der Waals surface area contributed by atoms with Gasteiger partial charge in [-0.25, -0.2) is 0 Å². The van der Waals surface area contributed by atoms with Crippen molar-refractivity contribution in [3.63, 3.8) is 0 Å². The highest BCUT2D eigenvalue weighted by Crippen LogP contribution is 2.29. The summed E-state index contributed by atoms with van der Waals surface area (Å²) in [6.45, 7) is 6.77.